The van der Waals surface area contributed by atoms with Gasteiger partial charge < -0.3 is 10.5 Å². The highest BCUT2D eigenvalue weighted by molar-refractivity contribution is 5.96. The van der Waals surface area contributed by atoms with Crippen molar-refractivity contribution in [2.75, 3.05) is 0 Å². The van der Waals surface area contributed by atoms with Crippen molar-refractivity contribution in [2.45, 2.75) is 40.3 Å². The Hall–Kier alpha value is -2.98. The molecule has 0 saturated heterocycles. The minimum atomic E-state index is -1.23. The number of aryl methyl sites for hydroxylation is 1. The van der Waals surface area contributed by atoms with Crippen LogP contribution in [0, 0.1) is 29.9 Å². The predicted octanol–water partition coefficient (Wildman–Crippen LogP) is 0.171. The number of esters is 1. The van der Waals surface area contributed by atoms with Crippen LogP contribution < -0.4 is 11.1 Å². The van der Waals surface area contributed by atoms with Gasteiger partial charge in [-0.3, -0.25) is 29.7 Å². The Kier molecular flexibility index (Phi) is 5.98. The van der Waals surface area contributed by atoms with Crippen LogP contribution in [-0.2, 0) is 20.9 Å². The van der Waals surface area contributed by atoms with Crippen molar-refractivity contribution in [3.8, 4) is 0 Å². The van der Waals surface area contributed by atoms with E-state index in [9.17, 15) is 24.5 Å². The fourth-order valence-electron chi connectivity index (χ4n) is 2.09. The summed E-state index contributed by atoms with van der Waals surface area (Å²) in [7, 11) is 0. The van der Waals surface area contributed by atoms with E-state index in [1.807, 2.05) is 5.32 Å². The summed E-state index contributed by atoms with van der Waals surface area (Å²) >= 11 is 0. The molecule has 0 radical (unpaired) electrons. The van der Waals surface area contributed by atoms with Crippen LogP contribution in [0.2, 0.25) is 0 Å². The van der Waals surface area contributed by atoms with E-state index in [1.54, 1.807) is 13.8 Å². The molecule has 1 atom stereocenters. The number of hydrogen-bond acceptors (Lipinski definition) is 7. The van der Waals surface area contributed by atoms with Crippen LogP contribution in [-0.4, -0.2) is 38.7 Å². The van der Waals surface area contributed by atoms with Gasteiger partial charge in [-0.2, -0.15) is 5.10 Å². The highest BCUT2D eigenvalue weighted by atomic mass is 16.6. The number of imide groups is 1. The quantitative estimate of drug-likeness (QED) is 0.423. The summed E-state index contributed by atoms with van der Waals surface area (Å²) in [5.41, 5.74) is 5.03. The molecule has 1 aromatic heterocycles. The molecule has 0 bridgehead atoms. The van der Waals surface area contributed by atoms with Crippen LogP contribution in [0.1, 0.15) is 25.2 Å². The lowest BCUT2D eigenvalue weighted by Crippen LogP contribution is -2.46. The summed E-state index contributed by atoms with van der Waals surface area (Å²) in [6, 6.07) is -1.06. The summed E-state index contributed by atoms with van der Waals surface area (Å²) in [6.07, 6.45) is -1.23. The van der Waals surface area contributed by atoms with Crippen molar-refractivity contribution in [1.29, 1.82) is 0 Å². The van der Waals surface area contributed by atoms with Crippen molar-refractivity contribution in [3.63, 3.8) is 0 Å². The maximum atomic E-state index is 12.0. The van der Waals surface area contributed by atoms with E-state index in [2.05, 4.69) is 5.10 Å². The number of rotatable bonds is 6. The first-order chi connectivity index (χ1) is 11.0. The zero-order chi connectivity index (χ0) is 18.6. The summed E-state index contributed by atoms with van der Waals surface area (Å²) in [6.45, 7) is 5.72. The molecule has 0 aliphatic carbocycles. The lowest BCUT2D eigenvalue weighted by molar-refractivity contribution is -0.386. The van der Waals surface area contributed by atoms with Gasteiger partial charge in [0.25, 0.3) is 5.91 Å². The molecule has 3 amide bonds. The van der Waals surface area contributed by atoms with Gasteiger partial charge in [0.2, 0.25) is 0 Å². The van der Waals surface area contributed by atoms with Gasteiger partial charge in [-0.25, -0.2) is 4.79 Å². The van der Waals surface area contributed by atoms with Crippen molar-refractivity contribution < 1.29 is 24.0 Å². The van der Waals surface area contributed by atoms with Gasteiger partial charge in [0, 0.05) is 0 Å². The Bertz CT molecular complexity index is 681. The molecular formula is C13H19N5O6. The average Bonchev–Trinajstić information content (AvgIpc) is 2.69. The molecule has 0 fully saturated rings. The Balaban J connectivity index is 2.87. The molecule has 11 nitrogen and oxygen atoms in total. The zero-order valence-corrected chi connectivity index (χ0v) is 13.7. The normalized spacial score (nSPS) is 11.9. The van der Waals surface area contributed by atoms with Crippen LogP contribution >= 0.6 is 0 Å². The molecule has 0 unspecified atom stereocenters. The van der Waals surface area contributed by atoms with E-state index in [-0.39, 0.29) is 17.1 Å². The molecule has 1 heterocycles. The van der Waals surface area contributed by atoms with Crippen LogP contribution in [0.4, 0.5) is 10.5 Å². The van der Waals surface area contributed by atoms with Crippen LogP contribution in [0.3, 0.4) is 0 Å². The number of aromatic nitrogens is 2. The van der Waals surface area contributed by atoms with Gasteiger partial charge in [0.05, 0.1) is 4.92 Å². The summed E-state index contributed by atoms with van der Waals surface area (Å²) < 4.78 is 6.18. The second kappa shape index (κ2) is 7.53. The Morgan fingerprint density at radius 2 is 1.96 bits per heavy atom. The van der Waals surface area contributed by atoms with E-state index in [0.717, 1.165) is 4.68 Å². The molecule has 0 aromatic carbocycles. The number of primary amides is 1. The summed E-state index contributed by atoms with van der Waals surface area (Å²) in [5.74, 6) is -2.08. The molecule has 11 heteroatoms. The molecule has 0 spiro atoms. The maximum absolute atomic E-state index is 12.0. The minimum Gasteiger partial charge on any atom is -0.451 e. The van der Waals surface area contributed by atoms with E-state index in [0.29, 0.717) is 0 Å². The number of carbonyl (C=O) groups excluding carboxylic acids is 3. The monoisotopic (exact) mass is 341 g/mol. The van der Waals surface area contributed by atoms with E-state index < -0.39 is 41.4 Å². The van der Waals surface area contributed by atoms with Crippen molar-refractivity contribution in [1.82, 2.24) is 15.1 Å². The standard InChI is InChI=1S/C13H19N5O6/c1-6(2)11(12(20)15-13(14)21)24-9(19)5-17-8(4)10(18(22)23)7(3)16-17/h6,11H,5H2,1-4H3,(H3,14,15,20,21)/t11-/m1/s1. The van der Waals surface area contributed by atoms with Crippen molar-refractivity contribution >= 4 is 23.6 Å². The number of amides is 3. The fourth-order valence-corrected chi connectivity index (χ4v) is 2.09. The molecular weight excluding hydrogens is 322 g/mol. The Labute approximate surface area is 137 Å². The second-order valence-electron chi connectivity index (χ2n) is 5.44. The van der Waals surface area contributed by atoms with Gasteiger partial charge in [-0.1, -0.05) is 13.8 Å². The molecule has 132 valence electrons. The molecule has 3 N–H and O–H groups in total. The lowest BCUT2D eigenvalue weighted by atomic mass is 10.1. The third-order valence-electron chi connectivity index (χ3n) is 3.17. The Morgan fingerprint density at radius 1 is 1.38 bits per heavy atom. The first kappa shape index (κ1) is 19.1. The first-order valence-corrected chi connectivity index (χ1v) is 7.02. The topological polar surface area (TPSA) is 159 Å². The molecule has 24 heavy (non-hydrogen) atoms. The molecule has 0 aliphatic heterocycles. The number of urea groups is 1. The maximum Gasteiger partial charge on any atom is 0.328 e. The van der Waals surface area contributed by atoms with E-state index >= 15 is 0 Å². The van der Waals surface area contributed by atoms with Gasteiger partial charge in [-0.15, -0.1) is 0 Å². The largest absolute Gasteiger partial charge is 0.451 e. The second-order valence-corrected chi connectivity index (χ2v) is 5.44. The summed E-state index contributed by atoms with van der Waals surface area (Å²) in [4.78, 5) is 44.9. The van der Waals surface area contributed by atoms with Gasteiger partial charge >= 0.3 is 17.7 Å². The van der Waals surface area contributed by atoms with Crippen molar-refractivity contribution in [2.24, 2.45) is 11.7 Å². The van der Waals surface area contributed by atoms with Crippen LogP contribution in [0.5, 0.6) is 0 Å². The summed E-state index contributed by atoms with van der Waals surface area (Å²) in [5, 5.41) is 16.7. The van der Waals surface area contributed by atoms with Crippen LogP contribution in [0.15, 0.2) is 0 Å². The number of nitrogens with zero attached hydrogens (tertiary/aromatic N) is 3. The molecule has 0 saturated carbocycles. The Morgan fingerprint density at radius 3 is 2.38 bits per heavy atom. The lowest BCUT2D eigenvalue weighted by Gasteiger charge is -2.19. The van der Waals surface area contributed by atoms with Gasteiger partial charge in [-0.05, 0) is 19.8 Å². The first-order valence-electron chi connectivity index (χ1n) is 7.02. The fraction of sp³-hybridized carbons (Fsp3) is 0.538. The van der Waals surface area contributed by atoms with Crippen molar-refractivity contribution in [3.05, 3.63) is 21.5 Å². The number of nitrogens with two attached hydrogens (primary N) is 1. The van der Waals surface area contributed by atoms with E-state index in [1.165, 1.54) is 13.8 Å². The van der Waals surface area contributed by atoms with E-state index in [4.69, 9.17) is 10.5 Å². The number of nitrogens with one attached hydrogen (secondary N) is 1. The number of ether oxygens (including phenoxy) is 1. The smallest absolute Gasteiger partial charge is 0.328 e. The van der Waals surface area contributed by atoms with Crippen LogP contribution in [0.25, 0.3) is 0 Å². The predicted molar refractivity (Wildman–Crippen MR) is 80.8 cm³/mol. The highest BCUT2D eigenvalue weighted by Gasteiger charge is 2.29. The molecule has 1 aromatic rings. The number of nitro groups is 1. The highest BCUT2D eigenvalue weighted by Crippen LogP contribution is 2.21. The molecule has 0 aliphatic rings. The number of hydrogen-bond donors (Lipinski definition) is 2. The third-order valence-corrected chi connectivity index (χ3v) is 3.17. The minimum absolute atomic E-state index is 0.164. The SMILES string of the molecule is Cc1nn(CC(=O)O[C@@H](C(=O)NC(N)=O)C(C)C)c(C)c1[N+](=O)[O-]. The third kappa shape index (κ3) is 4.51. The average molecular weight is 341 g/mol. The van der Waals surface area contributed by atoms with Gasteiger partial charge in [0.1, 0.15) is 17.9 Å². The zero-order valence-electron chi connectivity index (χ0n) is 13.7. The number of carbonyl (C=O) groups is 3. The van der Waals surface area contributed by atoms with Gasteiger partial charge in [0.15, 0.2) is 6.10 Å². The molecule has 1 rings (SSSR count).